The van der Waals surface area contributed by atoms with Crippen molar-refractivity contribution in [3.8, 4) is 11.1 Å². The lowest BCUT2D eigenvalue weighted by Gasteiger charge is -2.43. The van der Waals surface area contributed by atoms with E-state index in [4.69, 9.17) is 12.2 Å². The molecule has 3 aliphatic rings. The Morgan fingerprint density at radius 2 is 1.77 bits per heavy atom. The number of hydrogen-bond donors (Lipinski definition) is 0. The van der Waals surface area contributed by atoms with Crippen molar-refractivity contribution >= 4 is 56.3 Å². The van der Waals surface area contributed by atoms with Crippen molar-refractivity contribution in [3.63, 3.8) is 0 Å². The molecule has 0 bridgehead atoms. The van der Waals surface area contributed by atoms with Crippen molar-refractivity contribution in [1.29, 1.82) is 0 Å². The van der Waals surface area contributed by atoms with Crippen molar-refractivity contribution in [1.82, 2.24) is 4.90 Å². The highest BCUT2D eigenvalue weighted by Crippen LogP contribution is 2.52. The van der Waals surface area contributed by atoms with Crippen LogP contribution in [0.1, 0.15) is 50.0 Å². The number of anilines is 1. The summed E-state index contributed by atoms with van der Waals surface area (Å²) in [7, 11) is 3.16. The van der Waals surface area contributed by atoms with Gasteiger partial charge < -0.3 is 0 Å². The Hall–Kier alpha value is -1.90. The molecule has 0 N–H and O–H groups in total. The van der Waals surface area contributed by atoms with E-state index in [1.54, 1.807) is 25.6 Å². The molecule has 1 saturated heterocycles. The molecule has 2 aliphatic heterocycles. The summed E-state index contributed by atoms with van der Waals surface area (Å²) in [6, 6.07) is 6.05. The molecule has 1 aliphatic carbocycles. The van der Waals surface area contributed by atoms with Gasteiger partial charge in [0.15, 0.2) is 0 Å². The number of benzene rings is 1. The third kappa shape index (κ3) is 3.06. The zero-order valence-corrected chi connectivity index (χ0v) is 20.2. The summed E-state index contributed by atoms with van der Waals surface area (Å²) < 4.78 is 0.833. The van der Waals surface area contributed by atoms with Crippen molar-refractivity contribution in [3.05, 3.63) is 32.5 Å². The van der Waals surface area contributed by atoms with E-state index in [0.29, 0.717) is 0 Å². The summed E-state index contributed by atoms with van der Waals surface area (Å²) in [6.45, 7) is 5.82. The zero-order valence-electron chi connectivity index (χ0n) is 17.8. The zero-order chi connectivity index (χ0) is 22.1. The maximum absolute atomic E-state index is 13.7. The first kappa shape index (κ1) is 21.0. The Labute approximate surface area is 194 Å². The van der Waals surface area contributed by atoms with Gasteiger partial charge in [-0.1, -0.05) is 57.9 Å². The fourth-order valence-electron chi connectivity index (χ4n) is 5.38. The molecule has 3 heterocycles. The Morgan fingerprint density at radius 3 is 2.42 bits per heavy atom. The normalized spacial score (nSPS) is 24.1. The fraction of sp³-hybridized carbons (Fsp3) is 0.478. The number of imide groups is 1. The lowest BCUT2D eigenvalue weighted by atomic mass is 9.81. The highest BCUT2D eigenvalue weighted by Gasteiger charge is 2.50. The number of nitrogens with zero attached hydrogens (tertiary/aromatic N) is 2. The summed E-state index contributed by atoms with van der Waals surface area (Å²) in [5.41, 5.74) is 3.21. The lowest BCUT2D eigenvalue weighted by Crippen LogP contribution is -2.52. The number of fused-ring (bicyclic) bond motifs is 4. The molecule has 0 unspecified atom stereocenters. The Balaban J connectivity index is 1.55. The second kappa shape index (κ2) is 7.32. The van der Waals surface area contributed by atoms with Gasteiger partial charge in [0.25, 0.3) is 0 Å². The van der Waals surface area contributed by atoms with Crippen LogP contribution in [0.15, 0.2) is 18.2 Å². The van der Waals surface area contributed by atoms with Crippen LogP contribution in [0.3, 0.4) is 0 Å². The van der Waals surface area contributed by atoms with Crippen LogP contribution in [0.25, 0.3) is 11.1 Å². The predicted molar refractivity (Wildman–Crippen MR) is 126 cm³/mol. The Kier molecular flexibility index (Phi) is 4.95. The molecular weight excluding hydrogens is 448 g/mol. The molecule has 1 saturated carbocycles. The maximum Gasteiger partial charge on any atom is 0.247 e. The van der Waals surface area contributed by atoms with Gasteiger partial charge in [-0.3, -0.25) is 24.2 Å². The standard InChI is InChI=1S/C23H24N2O3S3/c1-12-8-9-15-16(10-12)25(23(2,3)19-18(15)22(29)31-30-19)17(26)11-24-20(27)13-6-4-5-7-14(13)21(24)28/h8-10,13-14H,4-7,11H2,1-3H3/t13-,14+. The number of amides is 3. The average molecular weight is 473 g/mol. The van der Waals surface area contributed by atoms with Gasteiger partial charge in [-0.15, -0.1) is 0 Å². The monoisotopic (exact) mass is 472 g/mol. The van der Waals surface area contributed by atoms with E-state index in [1.807, 2.05) is 39.0 Å². The van der Waals surface area contributed by atoms with Gasteiger partial charge in [0.1, 0.15) is 10.4 Å². The summed E-state index contributed by atoms with van der Waals surface area (Å²) >= 11 is 5.62. The molecule has 2 atom stereocenters. The minimum absolute atomic E-state index is 0.172. The first-order valence-electron chi connectivity index (χ1n) is 10.6. The SMILES string of the molecule is Cc1ccc2c(c1)N(C(=O)CN1C(=O)[C@H]3CCCC[C@H]3C1=O)C(C)(C)c1ssc(=S)c1-2. The van der Waals surface area contributed by atoms with Crippen molar-refractivity contribution in [2.24, 2.45) is 11.8 Å². The van der Waals surface area contributed by atoms with E-state index in [9.17, 15) is 14.4 Å². The van der Waals surface area contributed by atoms with Gasteiger partial charge in [-0.2, -0.15) is 0 Å². The number of hydrogen-bond acceptors (Lipinski definition) is 6. The predicted octanol–water partition coefficient (Wildman–Crippen LogP) is 5.27. The number of rotatable bonds is 2. The van der Waals surface area contributed by atoms with Gasteiger partial charge in [0.05, 0.1) is 27.9 Å². The summed E-state index contributed by atoms with van der Waals surface area (Å²) in [5.74, 6) is -1.06. The highest BCUT2D eigenvalue weighted by atomic mass is 32.9. The van der Waals surface area contributed by atoms with Gasteiger partial charge >= 0.3 is 0 Å². The lowest BCUT2D eigenvalue weighted by molar-refractivity contribution is -0.143. The van der Waals surface area contributed by atoms with E-state index in [-0.39, 0.29) is 36.1 Å². The summed E-state index contributed by atoms with van der Waals surface area (Å²) in [4.78, 5) is 43.7. The third-order valence-corrected chi connectivity index (χ3v) is 10.2. The Bertz CT molecular complexity index is 1150. The number of carbonyl (C=O) groups excluding carboxylic acids is 3. The van der Waals surface area contributed by atoms with Crippen LogP contribution in [-0.2, 0) is 19.9 Å². The first-order chi connectivity index (χ1) is 14.7. The van der Waals surface area contributed by atoms with Crippen LogP contribution in [0.5, 0.6) is 0 Å². The van der Waals surface area contributed by atoms with Crippen LogP contribution in [0.2, 0.25) is 0 Å². The molecular formula is C23H24N2O3S3. The molecule has 0 spiro atoms. The first-order valence-corrected chi connectivity index (χ1v) is 13.2. The molecule has 2 fully saturated rings. The van der Waals surface area contributed by atoms with Crippen molar-refractivity contribution in [2.75, 3.05) is 11.4 Å². The maximum atomic E-state index is 13.7. The molecule has 5 rings (SSSR count). The topological polar surface area (TPSA) is 57.7 Å². The van der Waals surface area contributed by atoms with Crippen LogP contribution in [0.4, 0.5) is 5.69 Å². The van der Waals surface area contributed by atoms with E-state index in [2.05, 4.69) is 0 Å². The second-order valence-corrected chi connectivity index (χ2v) is 12.0. The summed E-state index contributed by atoms with van der Waals surface area (Å²) in [6.07, 6.45) is 3.44. The second-order valence-electron chi connectivity index (χ2n) is 9.23. The van der Waals surface area contributed by atoms with Gasteiger partial charge in [-0.25, -0.2) is 0 Å². The van der Waals surface area contributed by atoms with Crippen LogP contribution < -0.4 is 4.90 Å². The quantitative estimate of drug-likeness (QED) is 0.339. The fourth-order valence-corrected chi connectivity index (χ4v) is 8.66. The number of aryl methyl sites for hydroxylation is 1. The average Bonchev–Trinajstić information content (AvgIpc) is 3.23. The molecule has 1 aromatic carbocycles. The minimum atomic E-state index is -0.621. The van der Waals surface area contributed by atoms with E-state index < -0.39 is 5.54 Å². The number of likely N-dealkylation sites (tertiary alicyclic amines) is 1. The van der Waals surface area contributed by atoms with Gasteiger partial charge in [0.2, 0.25) is 17.7 Å². The largest absolute Gasteiger partial charge is 0.300 e. The van der Waals surface area contributed by atoms with Crippen LogP contribution >= 0.6 is 32.9 Å². The van der Waals surface area contributed by atoms with E-state index in [1.165, 1.54) is 4.90 Å². The van der Waals surface area contributed by atoms with Gasteiger partial charge in [0, 0.05) is 11.1 Å². The third-order valence-electron chi connectivity index (χ3n) is 6.89. The molecule has 2 aromatic rings. The molecule has 5 nitrogen and oxygen atoms in total. The molecule has 1 aromatic heterocycles. The Morgan fingerprint density at radius 1 is 1.13 bits per heavy atom. The van der Waals surface area contributed by atoms with Crippen LogP contribution in [0, 0.1) is 22.6 Å². The molecule has 8 heteroatoms. The molecule has 31 heavy (non-hydrogen) atoms. The minimum Gasteiger partial charge on any atom is -0.300 e. The smallest absolute Gasteiger partial charge is 0.247 e. The van der Waals surface area contributed by atoms with Crippen molar-refractivity contribution < 1.29 is 14.4 Å². The van der Waals surface area contributed by atoms with Gasteiger partial charge in [-0.05, 0) is 45.2 Å². The summed E-state index contributed by atoms with van der Waals surface area (Å²) in [5, 5.41) is 0. The molecule has 3 amide bonds. The molecule has 0 radical (unpaired) electrons. The van der Waals surface area contributed by atoms with E-state index in [0.717, 1.165) is 56.8 Å². The van der Waals surface area contributed by atoms with Crippen LogP contribution in [-0.4, -0.2) is 29.2 Å². The molecule has 162 valence electrons. The highest BCUT2D eigenvalue weighted by molar-refractivity contribution is 7.80. The van der Waals surface area contributed by atoms with Crippen molar-refractivity contribution in [2.45, 2.75) is 52.0 Å². The van der Waals surface area contributed by atoms with E-state index >= 15 is 0 Å². The number of carbonyl (C=O) groups is 3.